The van der Waals surface area contributed by atoms with Gasteiger partial charge >= 0.3 is 0 Å². The first-order valence-corrected chi connectivity index (χ1v) is 4.72. The van der Waals surface area contributed by atoms with E-state index in [2.05, 4.69) is 27.1 Å². The van der Waals surface area contributed by atoms with Crippen molar-refractivity contribution in [2.24, 2.45) is 5.16 Å². The zero-order valence-electron chi connectivity index (χ0n) is 8.58. The van der Waals surface area contributed by atoms with Crippen molar-refractivity contribution < 1.29 is 4.84 Å². The number of pyridine rings is 1. The fraction of sp³-hybridized carbons (Fsp3) is 0.0909. The van der Waals surface area contributed by atoms with E-state index in [-0.39, 0.29) is 0 Å². The molecule has 2 heterocycles. The van der Waals surface area contributed by atoms with Gasteiger partial charge in [0.05, 0.1) is 11.4 Å². The number of nitrogens with zero attached hydrogens (tertiary/aromatic N) is 4. The Bertz CT molecular complexity index is 472. The number of aromatic nitrogens is 3. The number of oxime groups is 1. The zero-order chi connectivity index (χ0) is 11.2. The minimum atomic E-state index is 0.303. The quantitative estimate of drug-likeness (QED) is 0.573. The molecule has 0 N–H and O–H groups in total. The lowest BCUT2D eigenvalue weighted by Gasteiger charge is -2.02. The van der Waals surface area contributed by atoms with Gasteiger partial charge in [-0.1, -0.05) is 6.07 Å². The second kappa shape index (κ2) is 4.97. The van der Waals surface area contributed by atoms with Crippen molar-refractivity contribution in [3.63, 3.8) is 0 Å². The third-order valence-corrected chi connectivity index (χ3v) is 1.95. The molecular weight excluding hydrogens is 204 g/mol. The van der Waals surface area contributed by atoms with Crippen LogP contribution in [0.4, 0.5) is 0 Å². The first-order valence-electron chi connectivity index (χ1n) is 4.72. The predicted molar refractivity (Wildman–Crippen MR) is 59.6 cm³/mol. The van der Waals surface area contributed by atoms with Gasteiger partial charge in [0, 0.05) is 12.9 Å². The van der Waals surface area contributed by atoms with E-state index in [1.807, 2.05) is 30.3 Å². The van der Waals surface area contributed by atoms with Crippen molar-refractivity contribution in [3.05, 3.63) is 42.2 Å². The van der Waals surface area contributed by atoms with Crippen molar-refractivity contribution in [2.75, 3.05) is 0 Å². The van der Waals surface area contributed by atoms with Gasteiger partial charge in [0.1, 0.15) is 5.69 Å². The summed E-state index contributed by atoms with van der Waals surface area (Å²) in [6, 6.07) is 9.28. The average Bonchev–Trinajstić information content (AvgIpc) is 2.38. The Labute approximate surface area is 92.8 Å². The van der Waals surface area contributed by atoms with Gasteiger partial charge in [0.25, 0.3) is 0 Å². The van der Waals surface area contributed by atoms with E-state index in [1.54, 1.807) is 6.20 Å². The van der Waals surface area contributed by atoms with E-state index in [0.29, 0.717) is 6.61 Å². The summed E-state index contributed by atoms with van der Waals surface area (Å²) in [5.74, 6) is 0. The summed E-state index contributed by atoms with van der Waals surface area (Å²) in [6.07, 6.45) is 1.62. The molecule has 0 amide bonds. The molecular formula is C11H10N4O. The third kappa shape index (κ3) is 2.38. The fourth-order valence-electron chi connectivity index (χ4n) is 1.25. The lowest BCUT2D eigenvalue weighted by atomic mass is 10.2. The van der Waals surface area contributed by atoms with Crippen LogP contribution in [-0.4, -0.2) is 21.9 Å². The smallest absolute Gasteiger partial charge is 0.159 e. The van der Waals surface area contributed by atoms with Crippen molar-refractivity contribution in [3.8, 4) is 11.4 Å². The van der Waals surface area contributed by atoms with Gasteiger partial charge in [-0.2, -0.15) is 5.10 Å². The molecule has 5 nitrogen and oxygen atoms in total. The molecule has 0 aliphatic rings. The minimum absolute atomic E-state index is 0.303. The molecule has 5 heteroatoms. The van der Waals surface area contributed by atoms with Crippen molar-refractivity contribution in [2.45, 2.75) is 6.61 Å². The molecule has 0 bridgehead atoms. The maximum atomic E-state index is 4.83. The molecule has 0 aliphatic heterocycles. The molecule has 16 heavy (non-hydrogen) atoms. The molecule has 0 spiro atoms. The highest BCUT2D eigenvalue weighted by molar-refractivity contribution is 5.52. The van der Waals surface area contributed by atoms with E-state index >= 15 is 0 Å². The first kappa shape index (κ1) is 10.2. The summed E-state index contributed by atoms with van der Waals surface area (Å²) in [5.41, 5.74) is 2.27. The molecule has 0 atom stereocenters. The Morgan fingerprint density at radius 2 is 2.06 bits per heavy atom. The second-order valence-corrected chi connectivity index (χ2v) is 3.03. The van der Waals surface area contributed by atoms with Crippen molar-refractivity contribution >= 4 is 6.72 Å². The van der Waals surface area contributed by atoms with Crippen LogP contribution in [0.2, 0.25) is 0 Å². The standard InChI is InChI=1S/C11H10N4O/c1-12-16-8-9-4-2-5-10(14-9)11-6-3-7-13-15-11/h2-7H,1,8H2. The van der Waals surface area contributed by atoms with E-state index in [1.165, 1.54) is 0 Å². The Balaban J connectivity index is 2.25. The summed E-state index contributed by atoms with van der Waals surface area (Å²) in [6.45, 7) is 3.54. The van der Waals surface area contributed by atoms with E-state index in [9.17, 15) is 0 Å². The molecule has 0 aliphatic carbocycles. The molecule has 0 fully saturated rings. The Morgan fingerprint density at radius 1 is 1.19 bits per heavy atom. The highest BCUT2D eigenvalue weighted by atomic mass is 16.6. The molecule has 0 aromatic carbocycles. The molecule has 0 saturated heterocycles. The normalized spacial score (nSPS) is 9.75. The predicted octanol–water partition coefficient (Wildman–Crippen LogP) is 1.67. The lowest BCUT2D eigenvalue weighted by molar-refractivity contribution is 0.130. The summed E-state index contributed by atoms with van der Waals surface area (Å²) in [5, 5.41) is 11.1. The van der Waals surface area contributed by atoms with Gasteiger partial charge in [-0.05, 0) is 24.3 Å². The third-order valence-electron chi connectivity index (χ3n) is 1.95. The van der Waals surface area contributed by atoms with Gasteiger partial charge in [-0.15, -0.1) is 10.3 Å². The Kier molecular flexibility index (Phi) is 3.18. The average molecular weight is 214 g/mol. The number of hydrogen-bond acceptors (Lipinski definition) is 5. The molecule has 80 valence electrons. The monoisotopic (exact) mass is 214 g/mol. The van der Waals surface area contributed by atoms with Crippen LogP contribution in [0.15, 0.2) is 41.7 Å². The SMILES string of the molecule is C=NOCc1cccc(-c2cccnn2)n1. The highest BCUT2D eigenvalue weighted by Gasteiger charge is 2.02. The van der Waals surface area contributed by atoms with Crippen molar-refractivity contribution in [1.29, 1.82) is 0 Å². The van der Waals surface area contributed by atoms with Crippen LogP contribution in [0.25, 0.3) is 11.4 Å². The minimum Gasteiger partial charge on any atom is -0.390 e. The summed E-state index contributed by atoms with van der Waals surface area (Å²) >= 11 is 0. The van der Waals surface area contributed by atoms with E-state index in [4.69, 9.17) is 4.84 Å². The Hall–Kier alpha value is -2.30. The highest BCUT2D eigenvalue weighted by Crippen LogP contribution is 2.13. The number of hydrogen-bond donors (Lipinski definition) is 0. The van der Waals surface area contributed by atoms with Gasteiger partial charge in [-0.3, -0.25) is 0 Å². The van der Waals surface area contributed by atoms with E-state index < -0.39 is 0 Å². The summed E-state index contributed by atoms with van der Waals surface area (Å²) < 4.78 is 0. The van der Waals surface area contributed by atoms with Crippen LogP contribution < -0.4 is 0 Å². The maximum Gasteiger partial charge on any atom is 0.159 e. The largest absolute Gasteiger partial charge is 0.390 e. The Morgan fingerprint density at radius 3 is 2.81 bits per heavy atom. The lowest BCUT2D eigenvalue weighted by Crippen LogP contribution is -1.95. The zero-order valence-corrected chi connectivity index (χ0v) is 8.58. The van der Waals surface area contributed by atoms with Gasteiger partial charge in [0.15, 0.2) is 6.61 Å². The van der Waals surface area contributed by atoms with Crippen LogP contribution in [0.5, 0.6) is 0 Å². The second-order valence-electron chi connectivity index (χ2n) is 3.03. The number of rotatable bonds is 4. The van der Waals surface area contributed by atoms with Crippen LogP contribution in [0, 0.1) is 0 Å². The van der Waals surface area contributed by atoms with Gasteiger partial charge in [-0.25, -0.2) is 4.98 Å². The van der Waals surface area contributed by atoms with Gasteiger partial charge in [0.2, 0.25) is 0 Å². The molecule has 0 saturated carbocycles. The van der Waals surface area contributed by atoms with Crippen LogP contribution >= 0.6 is 0 Å². The van der Waals surface area contributed by atoms with Gasteiger partial charge < -0.3 is 4.84 Å². The van der Waals surface area contributed by atoms with Crippen LogP contribution in [0.1, 0.15) is 5.69 Å². The maximum absolute atomic E-state index is 4.83. The van der Waals surface area contributed by atoms with Crippen LogP contribution in [0.3, 0.4) is 0 Å². The molecule has 0 radical (unpaired) electrons. The topological polar surface area (TPSA) is 60.3 Å². The summed E-state index contributed by atoms with van der Waals surface area (Å²) in [4.78, 5) is 9.19. The molecule has 0 unspecified atom stereocenters. The summed E-state index contributed by atoms with van der Waals surface area (Å²) in [7, 11) is 0. The first-order chi connectivity index (χ1) is 7.90. The molecule has 2 rings (SSSR count). The van der Waals surface area contributed by atoms with E-state index in [0.717, 1.165) is 17.1 Å². The van der Waals surface area contributed by atoms with Crippen molar-refractivity contribution in [1.82, 2.24) is 15.2 Å². The molecule has 2 aromatic rings. The fourth-order valence-corrected chi connectivity index (χ4v) is 1.25. The molecule has 2 aromatic heterocycles. The van der Waals surface area contributed by atoms with Crippen LogP contribution in [-0.2, 0) is 11.4 Å².